The highest BCUT2D eigenvalue weighted by Crippen LogP contribution is 2.23. The van der Waals surface area contributed by atoms with Crippen LogP contribution in [-0.4, -0.2) is 28.5 Å². The number of halogens is 1. The van der Waals surface area contributed by atoms with Crippen LogP contribution in [0.2, 0.25) is 5.02 Å². The van der Waals surface area contributed by atoms with E-state index in [2.05, 4.69) is 5.32 Å². The van der Waals surface area contributed by atoms with Crippen LogP contribution in [0.5, 0.6) is 0 Å². The van der Waals surface area contributed by atoms with Crippen LogP contribution in [0, 0.1) is 0 Å². The lowest BCUT2D eigenvalue weighted by Gasteiger charge is -2.24. The number of carbonyl (C=O) groups excluding carboxylic acids is 1. The Morgan fingerprint density at radius 1 is 1.50 bits per heavy atom. The fourth-order valence-electron chi connectivity index (χ4n) is 2.06. The molecule has 1 aromatic carbocycles. The zero-order chi connectivity index (χ0) is 13.1. The Hall–Kier alpha value is -1.33. The van der Waals surface area contributed by atoms with Crippen molar-refractivity contribution in [3.63, 3.8) is 0 Å². The minimum absolute atomic E-state index is 0.150. The summed E-state index contributed by atoms with van der Waals surface area (Å²) in [7, 11) is 0. The summed E-state index contributed by atoms with van der Waals surface area (Å²) in [5.74, 6) is 0. The van der Waals surface area contributed by atoms with Crippen molar-refractivity contribution in [3.8, 4) is 0 Å². The van der Waals surface area contributed by atoms with Gasteiger partial charge in [-0.15, -0.1) is 0 Å². The van der Waals surface area contributed by atoms with Crippen LogP contribution in [0.15, 0.2) is 24.3 Å². The third kappa shape index (κ3) is 2.73. The molecule has 1 aromatic rings. The minimum atomic E-state index is -0.210. The van der Waals surface area contributed by atoms with Crippen LogP contribution in [0.3, 0.4) is 0 Å². The summed E-state index contributed by atoms with van der Waals surface area (Å²) in [6.45, 7) is 0.665. The summed E-state index contributed by atoms with van der Waals surface area (Å²) in [5.41, 5.74) is 6.23. The van der Waals surface area contributed by atoms with E-state index in [1.165, 1.54) is 0 Å². The predicted molar refractivity (Wildman–Crippen MR) is 77.0 cm³/mol. The molecule has 18 heavy (non-hydrogen) atoms. The molecular formula is C12H14ClN3OS. The maximum atomic E-state index is 12.1. The van der Waals surface area contributed by atoms with Gasteiger partial charge >= 0.3 is 6.03 Å². The Labute approximate surface area is 116 Å². The van der Waals surface area contributed by atoms with Crippen molar-refractivity contribution < 1.29 is 4.79 Å². The molecule has 3 N–H and O–H groups in total. The molecular weight excluding hydrogens is 270 g/mol. The third-order valence-corrected chi connectivity index (χ3v) is 3.56. The topological polar surface area (TPSA) is 58.4 Å². The summed E-state index contributed by atoms with van der Waals surface area (Å²) in [5, 5.41) is 3.29. The lowest BCUT2D eigenvalue weighted by Crippen LogP contribution is -2.44. The zero-order valence-electron chi connectivity index (χ0n) is 9.73. The first-order chi connectivity index (χ1) is 8.59. The standard InChI is InChI=1S/C12H14ClN3OS/c13-8-4-1-2-5-9(8)15-12(17)16-7-3-6-10(16)11(14)18/h1-2,4-5,10H,3,6-7H2,(H2,14,18)(H,15,17). The largest absolute Gasteiger partial charge is 0.392 e. The van der Waals surface area contributed by atoms with Gasteiger partial charge in [0.15, 0.2) is 0 Å². The second-order valence-electron chi connectivity index (χ2n) is 4.16. The number of nitrogens with zero attached hydrogens (tertiary/aromatic N) is 1. The van der Waals surface area contributed by atoms with Crippen molar-refractivity contribution in [3.05, 3.63) is 29.3 Å². The quantitative estimate of drug-likeness (QED) is 0.821. The maximum absolute atomic E-state index is 12.1. The molecule has 1 saturated heterocycles. The molecule has 1 aliphatic rings. The molecule has 2 amide bonds. The van der Waals surface area contributed by atoms with E-state index in [-0.39, 0.29) is 12.1 Å². The second-order valence-corrected chi connectivity index (χ2v) is 5.04. The minimum Gasteiger partial charge on any atom is -0.392 e. The first-order valence-corrected chi connectivity index (χ1v) is 6.49. The number of anilines is 1. The highest BCUT2D eigenvalue weighted by Gasteiger charge is 2.30. The SMILES string of the molecule is NC(=S)C1CCCN1C(=O)Nc1ccccc1Cl. The molecule has 96 valence electrons. The van der Waals surface area contributed by atoms with Crippen molar-refractivity contribution in [2.75, 3.05) is 11.9 Å². The lowest BCUT2D eigenvalue weighted by molar-refractivity contribution is 0.217. The summed E-state index contributed by atoms with van der Waals surface area (Å²) in [6.07, 6.45) is 1.74. The Balaban J connectivity index is 2.08. The predicted octanol–water partition coefficient (Wildman–Crippen LogP) is 2.62. The fraction of sp³-hybridized carbons (Fsp3) is 0.333. The molecule has 0 spiro atoms. The molecule has 1 aliphatic heterocycles. The molecule has 0 aromatic heterocycles. The number of para-hydroxylation sites is 1. The number of likely N-dealkylation sites (tertiary alicyclic amines) is 1. The molecule has 1 heterocycles. The van der Waals surface area contributed by atoms with Crippen LogP contribution in [0.4, 0.5) is 10.5 Å². The van der Waals surface area contributed by atoms with Crippen LogP contribution >= 0.6 is 23.8 Å². The van der Waals surface area contributed by atoms with Gasteiger partial charge in [-0.2, -0.15) is 0 Å². The molecule has 1 atom stereocenters. The van der Waals surface area contributed by atoms with Gasteiger partial charge in [0.25, 0.3) is 0 Å². The summed E-state index contributed by atoms with van der Waals surface area (Å²) in [4.78, 5) is 14.1. The number of amides is 2. The average Bonchev–Trinajstić information content (AvgIpc) is 2.81. The van der Waals surface area contributed by atoms with Crippen molar-refractivity contribution in [1.29, 1.82) is 0 Å². The van der Waals surface area contributed by atoms with E-state index in [0.29, 0.717) is 22.2 Å². The van der Waals surface area contributed by atoms with Gasteiger partial charge < -0.3 is 16.0 Å². The van der Waals surface area contributed by atoms with Gasteiger partial charge in [0.05, 0.1) is 21.7 Å². The Bertz CT molecular complexity index is 480. The molecule has 1 fully saturated rings. The van der Waals surface area contributed by atoms with E-state index in [0.717, 1.165) is 12.8 Å². The van der Waals surface area contributed by atoms with Gasteiger partial charge in [0.1, 0.15) is 0 Å². The first-order valence-electron chi connectivity index (χ1n) is 5.71. The summed E-state index contributed by atoms with van der Waals surface area (Å²) < 4.78 is 0. The summed E-state index contributed by atoms with van der Waals surface area (Å²) >= 11 is 11.0. The van der Waals surface area contributed by atoms with Crippen LogP contribution in [-0.2, 0) is 0 Å². The van der Waals surface area contributed by atoms with E-state index in [4.69, 9.17) is 29.6 Å². The van der Waals surface area contributed by atoms with E-state index >= 15 is 0 Å². The van der Waals surface area contributed by atoms with Crippen molar-refractivity contribution in [2.24, 2.45) is 5.73 Å². The third-order valence-electron chi connectivity index (χ3n) is 2.96. The number of urea groups is 1. The molecule has 0 saturated carbocycles. The van der Waals surface area contributed by atoms with Gasteiger partial charge in [-0.1, -0.05) is 36.0 Å². The molecule has 6 heteroatoms. The Morgan fingerprint density at radius 2 is 2.22 bits per heavy atom. The Morgan fingerprint density at radius 3 is 2.89 bits per heavy atom. The van der Waals surface area contributed by atoms with Crippen LogP contribution in [0.25, 0.3) is 0 Å². The number of rotatable bonds is 2. The fourth-order valence-corrected chi connectivity index (χ4v) is 2.48. The maximum Gasteiger partial charge on any atom is 0.322 e. The van der Waals surface area contributed by atoms with Gasteiger partial charge in [0, 0.05) is 6.54 Å². The molecule has 0 radical (unpaired) electrons. The highest BCUT2D eigenvalue weighted by molar-refractivity contribution is 7.80. The molecule has 1 unspecified atom stereocenters. The van der Waals surface area contributed by atoms with E-state index < -0.39 is 0 Å². The van der Waals surface area contributed by atoms with Crippen molar-refractivity contribution >= 4 is 40.5 Å². The number of nitrogens with two attached hydrogens (primary N) is 1. The van der Waals surface area contributed by atoms with Crippen molar-refractivity contribution in [1.82, 2.24) is 4.90 Å². The van der Waals surface area contributed by atoms with Gasteiger partial charge in [-0.25, -0.2) is 4.79 Å². The van der Waals surface area contributed by atoms with E-state index in [1.54, 1.807) is 17.0 Å². The smallest absolute Gasteiger partial charge is 0.322 e. The van der Waals surface area contributed by atoms with Crippen LogP contribution < -0.4 is 11.1 Å². The van der Waals surface area contributed by atoms with Gasteiger partial charge in [-0.05, 0) is 25.0 Å². The Kier molecular flexibility index (Phi) is 4.04. The van der Waals surface area contributed by atoms with Gasteiger partial charge in [0.2, 0.25) is 0 Å². The number of hydrogen-bond donors (Lipinski definition) is 2. The van der Waals surface area contributed by atoms with E-state index in [9.17, 15) is 4.79 Å². The van der Waals surface area contributed by atoms with Gasteiger partial charge in [-0.3, -0.25) is 0 Å². The van der Waals surface area contributed by atoms with E-state index in [1.807, 2.05) is 12.1 Å². The second kappa shape index (κ2) is 5.54. The number of thiocarbonyl (C=S) groups is 1. The average molecular weight is 284 g/mol. The number of nitrogens with one attached hydrogen (secondary N) is 1. The number of carbonyl (C=O) groups is 1. The lowest BCUT2D eigenvalue weighted by atomic mass is 10.2. The monoisotopic (exact) mass is 283 g/mol. The number of hydrogen-bond acceptors (Lipinski definition) is 2. The highest BCUT2D eigenvalue weighted by atomic mass is 35.5. The van der Waals surface area contributed by atoms with Crippen molar-refractivity contribution in [2.45, 2.75) is 18.9 Å². The normalized spacial score (nSPS) is 18.7. The molecule has 4 nitrogen and oxygen atoms in total. The first kappa shape index (κ1) is 13.1. The molecule has 0 aliphatic carbocycles. The molecule has 0 bridgehead atoms. The van der Waals surface area contributed by atoms with Crippen LogP contribution in [0.1, 0.15) is 12.8 Å². The zero-order valence-corrected chi connectivity index (χ0v) is 11.3. The summed E-state index contributed by atoms with van der Waals surface area (Å²) in [6, 6.07) is 6.75. The number of benzene rings is 1. The molecule has 2 rings (SSSR count).